The first kappa shape index (κ1) is 20.0. The molecular weight excluding hydrogens is 382 g/mol. The molecule has 1 atom stereocenters. The maximum atomic E-state index is 12.6. The predicted molar refractivity (Wildman–Crippen MR) is 108 cm³/mol. The van der Waals surface area contributed by atoms with Crippen LogP contribution in [0.15, 0.2) is 46.7 Å². The van der Waals surface area contributed by atoms with Crippen molar-refractivity contribution < 1.29 is 13.2 Å². The summed E-state index contributed by atoms with van der Waals surface area (Å²) in [6.45, 7) is 1.62. The van der Waals surface area contributed by atoms with E-state index in [9.17, 15) is 13.2 Å². The lowest BCUT2D eigenvalue weighted by atomic mass is 10.2. The maximum absolute atomic E-state index is 12.6. The molecule has 8 heteroatoms. The van der Waals surface area contributed by atoms with Gasteiger partial charge < -0.3 is 10.2 Å². The number of carbonyl (C=O) groups excluding carboxylic acids is 1. The van der Waals surface area contributed by atoms with E-state index in [0.29, 0.717) is 25.2 Å². The second kappa shape index (κ2) is 8.52. The van der Waals surface area contributed by atoms with Crippen LogP contribution >= 0.6 is 11.3 Å². The van der Waals surface area contributed by atoms with E-state index in [1.54, 1.807) is 23.5 Å². The summed E-state index contributed by atoms with van der Waals surface area (Å²) in [7, 11) is 0.510. The molecule has 0 spiro atoms. The van der Waals surface area contributed by atoms with E-state index < -0.39 is 10.0 Å². The number of sulfonamides is 1. The van der Waals surface area contributed by atoms with E-state index in [1.807, 2.05) is 25.5 Å². The summed E-state index contributed by atoms with van der Waals surface area (Å²) >= 11 is 1.66. The Balaban J connectivity index is 1.65. The van der Waals surface area contributed by atoms with Crippen molar-refractivity contribution in [3.8, 4) is 0 Å². The van der Waals surface area contributed by atoms with Crippen LogP contribution in [0.4, 0.5) is 0 Å². The zero-order chi connectivity index (χ0) is 19.4. The molecule has 0 bridgehead atoms. The van der Waals surface area contributed by atoms with Gasteiger partial charge in [-0.3, -0.25) is 4.79 Å². The van der Waals surface area contributed by atoms with Gasteiger partial charge in [-0.05, 0) is 62.6 Å². The van der Waals surface area contributed by atoms with E-state index >= 15 is 0 Å². The molecule has 3 rings (SSSR count). The molecule has 1 amide bonds. The highest BCUT2D eigenvalue weighted by molar-refractivity contribution is 7.89. The van der Waals surface area contributed by atoms with Gasteiger partial charge in [0.05, 0.1) is 10.9 Å². The van der Waals surface area contributed by atoms with Crippen molar-refractivity contribution in [1.82, 2.24) is 14.5 Å². The Bertz CT molecular complexity index is 856. The Morgan fingerprint density at radius 2 is 1.85 bits per heavy atom. The van der Waals surface area contributed by atoms with Crippen LogP contribution in [0.2, 0.25) is 0 Å². The van der Waals surface area contributed by atoms with Gasteiger partial charge in [0.2, 0.25) is 10.0 Å². The van der Waals surface area contributed by atoms with E-state index in [0.717, 1.165) is 12.8 Å². The van der Waals surface area contributed by atoms with Crippen LogP contribution in [0.1, 0.15) is 34.1 Å². The normalized spacial score (nSPS) is 16.6. The van der Waals surface area contributed by atoms with Gasteiger partial charge in [-0.25, -0.2) is 8.42 Å². The zero-order valence-electron chi connectivity index (χ0n) is 15.6. The van der Waals surface area contributed by atoms with E-state index in [-0.39, 0.29) is 16.8 Å². The maximum Gasteiger partial charge on any atom is 0.251 e. The van der Waals surface area contributed by atoms with Crippen LogP contribution in [0.25, 0.3) is 0 Å². The lowest BCUT2D eigenvalue weighted by Crippen LogP contribution is -2.34. The molecule has 0 saturated carbocycles. The Morgan fingerprint density at radius 1 is 1.19 bits per heavy atom. The molecule has 2 heterocycles. The number of thiophene rings is 1. The van der Waals surface area contributed by atoms with Gasteiger partial charge in [0, 0.05) is 30.1 Å². The Kier molecular flexibility index (Phi) is 6.31. The molecule has 1 aromatic carbocycles. The van der Waals surface area contributed by atoms with Crippen molar-refractivity contribution in [2.75, 3.05) is 33.7 Å². The smallest absolute Gasteiger partial charge is 0.251 e. The highest BCUT2D eigenvalue weighted by Gasteiger charge is 2.27. The van der Waals surface area contributed by atoms with Crippen LogP contribution in [-0.2, 0) is 10.0 Å². The fraction of sp³-hybridized carbons (Fsp3) is 0.421. The number of likely N-dealkylation sites (N-methyl/N-ethyl adjacent to an activating group) is 1. The monoisotopic (exact) mass is 407 g/mol. The van der Waals surface area contributed by atoms with Gasteiger partial charge in [0.1, 0.15) is 0 Å². The summed E-state index contributed by atoms with van der Waals surface area (Å²) < 4.78 is 26.6. The average molecular weight is 408 g/mol. The largest absolute Gasteiger partial charge is 0.350 e. The third-order valence-electron chi connectivity index (χ3n) is 4.77. The quantitative estimate of drug-likeness (QED) is 0.766. The lowest BCUT2D eigenvalue weighted by molar-refractivity contribution is 0.0942. The highest BCUT2D eigenvalue weighted by atomic mass is 32.2. The third kappa shape index (κ3) is 4.57. The zero-order valence-corrected chi connectivity index (χ0v) is 17.2. The van der Waals surface area contributed by atoms with Gasteiger partial charge in [-0.1, -0.05) is 6.07 Å². The Morgan fingerprint density at radius 3 is 2.41 bits per heavy atom. The molecule has 2 aromatic rings. The van der Waals surface area contributed by atoms with Crippen LogP contribution in [0.5, 0.6) is 0 Å². The number of hydrogen-bond acceptors (Lipinski definition) is 5. The summed E-state index contributed by atoms with van der Waals surface area (Å²) in [5.74, 6) is -0.205. The number of nitrogens with one attached hydrogen (secondary N) is 1. The Hall–Kier alpha value is -1.74. The summed E-state index contributed by atoms with van der Waals surface area (Å²) in [6.07, 6.45) is 1.80. The van der Waals surface area contributed by atoms with Crippen LogP contribution in [0.3, 0.4) is 0 Å². The molecule has 27 heavy (non-hydrogen) atoms. The van der Waals surface area contributed by atoms with Crippen LogP contribution < -0.4 is 5.32 Å². The number of benzene rings is 1. The topological polar surface area (TPSA) is 69.7 Å². The van der Waals surface area contributed by atoms with Crippen molar-refractivity contribution >= 4 is 27.3 Å². The van der Waals surface area contributed by atoms with E-state index in [2.05, 4.69) is 16.3 Å². The molecule has 0 radical (unpaired) electrons. The van der Waals surface area contributed by atoms with Crippen molar-refractivity contribution in [3.63, 3.8) is 0 Å². The number of rotatable bonds is 7. The minimum atomic E-state index is -3.45. The van der Waals surface area contributed by atoms with Gasteiger partial charge in [-0.2, -0.15) is 4.31 Å². The number of amides is 1. The van der Waals surface area contributed by atoms with Crippen molar-refractivity contribution in [3.05, 3.63) is 52.2 Å². The van der Waals surface area contributed by atoms with Crippen molar-refractivity contribution in [1.29, 1.82) is 0 Å². The first-order valence-corrected chi connectivity index (χ1v) is 11.3. The number of carbonyl (C=O) groups is 1. The second-order valence-electron chi connectivity index (χ2n) is 6.84. The highest BCUT2D eigenvalue weighted by Crippen LogP contribution is 2.23. The molecule has 0 aliphatic carbocycles. The molecule has 6 nitrogen and oxygen atoms in total. The lowest BCUT2D eigenvalue weighted by Gasteiger charge is -2.23. The van der Waals surface area contributed by atoms with Crippen LogP contribution in [-0.4, -0.2) is 57.3 Å². The fourth-order valence-corrected chi connectivity index (χ4v) is 5.61. The van der Waals surface area contributed by atoms with Gasteiger partial charge in [0.15, 0.2) is 0 Å². The molecule has 1 saturated heterocycles. The Labute approximate surface area is 164 Å². The minimum Gasteiger partial charge on any atom is -0.350 e. The first-order valence-electron chi connectivity index (χ1n) is 8.98. The van der Waals surface area contributed by atoms with Gasteiger partial charge >= 0.3 is 0 Å². The summed E-state index contributed by atoms with van der Waals surface area (Å²) in [6, 6.07) is 10.3. The van der Waals surface area contributed by atoms with Crippen molar-refractivity contribution in [2.24, 2.45) is 0 Å². The molecule has 1 aliphatic heterocycles. The van der Waals surface area contributed by atoms with Crippen molar-refractivity contribution in [2.45, 2.75) is 23.8 Å². The van der Waals surface area contributed by atoms with Crippen LogP contribution in [0, 0.1) is 0 Å². The second-order valence-corrected chi connectivity index (χ2v) is 9.76. The van der Waals surface area contributed by atoms with E-state index in [1.165, 1.54) is 21.3 Å². The van der Waals surface area contributed by atoms with Gasteiger partial charge in [-0.15, -0.1) is 11.3 Å². The third-order valence-corrected chi connectivity index (χ3v) is 7.66. The van der Waals surface area contributed by atoms with E-state index in [4.69, 9.17) is 0 Å². The predicted octanol–water partition coefficient (Wildman–Crippen LogP) is 2.57. The average Bonchev–Trinajstić information content (AvgIpc) is 3.36. The molecule has 1 fully saturated rings. The molecule has 146 valence electrons. The minimum absolute atomic E-state index is 0.101. The summed E-state index contributed by atoms with van der Waals surface area (Å²) in [5, 5.41) is 4.97. The molecular formula is C19H25N3O3S2. The fourth-order valence-electron chi connectivity index (χ4n) is 3.17. The molecule has 1 aromatic heterocycles. The summed E-state index contributed by atoms with van der Waals surface area (Å²) in [4.78, 5) is 16.0. The van der Waals surface area contributed by atoms with Gasteiger partial charge in [0.25, 0.3) is 5.91 Å². The molecule has 1 unspecified atom stereocenters. The standard InChI is InChI=1S/C19H25N3O3S2/c1-21(2)17(18-6-5-13-26-18)14-20-19(23)15-7-9-16(10-8-15)27(24,25)22-11-3-4-12-22/h5-10,13,17H,3-4,11-12,14H2,1-2H3,(H,20,23). The molecule has 1 N–H and O–H groups in total. The summed E-state index contributed by atoms with van der Waals surface area (Å²) in [5.41, 5.74) is 0.457. The molecule has 1 aliphatic rings. The number of hydrogen-bond donors (Lipinski definition) is 1. The SMILES string of the molecule is CN(C)C(CNC(=O)c1ccc(S(=O)(=O)N2CCCC2)cc1)c1cccs1. The number of nitrogens with zero attached hydrogens (tertiary/aromatic N) is 2. The first-order chi connectivity index (χ1) is 12.9.